The van der Waals surface area contributed by atoms with E-state index in [1.54, 1.807) is 49.7 Å². The van der Waals surface area contributed by atoms with Gasteiger partial charge in [0.05, 0.1) is 0 Å². The normalized spacial score (nSPS) is 17.8. The molecule has 0 N–H and O–H groups in total. The summed E-state index contributed by atoms with van der Waals surface area (Å²) in [6.45, 7) is 26.7. The summed E-state index contributed by atoms with van der Waals surface area (Å²) < 4.78 is 1.30. The van der Waals surface area contributed by atoms with Crippen molar-refractivity contribution in [3.63, 3.8) is 0 Å². The molecule has 3 aromatic carbocycles. The van der Waals surface area contributed by atoms with E-state index in [1.165, 1.54) is 11.1 Å². The fourth-order valence-electron chi connectivity index (χ4n) is 7.48. The largest absolute Gasteiger partial charge is 0.147 e. The van der Waals surface area contributed by atoms with Crippen molar-refractivity contribution < 1.29 is 20.9 Å². The average molecular weight is 712 g/mol. The van der Waals surface area contributed by atoms with Crippen LogP contribution in [0.2, 0.25) is 6.55 Å². The van der Waals surface area contributed by atoms with Gasteiger partial charge in [0.1, 0.15) is 0 Å². The van der Waals surface area contributed by atoms with E-state index in [4.69, 9.17) is 0 Å². The maximum atomic E-state index is 2.73. The maximum absolute atomic E-state index is 2.73. The van der Waals surface area contributed by atoms with Crippen LogP contribution < -0.4 is 5.19 Å². The Kier molecular flexibility index (Phi) is 12.2. The molecule has 0 amide bonds. The fourth-order valence-corrected chi connectivity index (χ4v) is 33.3. The molecule has 0 heterocycles. The first-order valence-corrected chi connectivity index (χ1v) is 25.4. The maximum Gasteiger partial charge on any atom is -0.147 e. The minimum absolute atomic E-state index is 0. The molecular formula is C39H53Cl2SiZr. The minimum Gasteiger partial charge on any atom is -0.147 e. The van der Waals surface area contributed by atoms with Gasteiger partial charge >= 0.3 is 261 Å². The first-order valence-electron chi connectivity index (χ1n) is 16.0. The molecule has 0 fully saturated rings. The van der Waals surface area contributed by atoms with Crippen LogP contribution in [0.3, 0.4) is 0 Å². The summed E-state index contributed by atoms with van der Waals surface area (Å²) >= 11 is -2.30. The summed E-state index contributed by atoms with van der Waals surface area (Å²) in [6.07, 6.45) is 5.23. The van der Waals surface area contributed by atoms with Gasteiger partial charge in [-0.25, -0.2) is 0 Å². The SMILES string of the molecule is CC1=Cc2c(C(C)C)cc(C(C)C)cc2[CH]1[Zr]([CH]1C(C)=Cc2c(C(C)C)cc(C(C)C)cc21)[SiH](C)c1ccccc1.Cl.Cl. The molecule has 5 rings (SSSR count). The second-order valence-corrected chi connectivity index (χ2v) is 31.9. The third-order valence-corrected chi connectivity index (χ3v) is 33.1. The molecule has 3 atom stereocenters. The van der Waals surface area contributed by atoms with Crippen LogP contribution in [0.5, 0.6) is 0 Å². The van der Waals surface area contributed by atoms with Crippen molar-refractivity contribution in [1.82, 2.24) is 0 Å². The molecular weight excluding hydrogens is 659 g/mol. The molecule has 2 aliphatic rings. The van der Waals surface area contributed by atoms with E-state index in [2.05, 4.69) is 143 Å². The second-order valence-electron chi connectivity index (χ2n) is 14.1. The number of hydrogen-bond acceptors (Lipinski definition) is 0. The Morgan fingerprint density at radius 3 is 1.33 bits per heavy atom. The van der Waals surface area contributed by atoms with Gasteiger partial charge in [-0.3, -0.25) is 0 Å². The standard InChI is InChI=1S/2C16H21.C7H9Si.2ClH.Zr/c2*1-10(2)13-8-14-6-12(5)7-16(14)15(9-13)11(3)4;1-8-7-5-3-2-4-6-7;;;/h2*6-11H,1-5H3;2-6,8H,1H3;2*1H;. The summed E-state index contributed by atoms with van der Waals surface area (Å²) in [5.74, 6) is 0.951. The Hall–Kier alpha value is -1.18. The van der Waals surface area contributed by atoms with Crippen molar-refractivity contribution in [2.75, 3.05) is 0 Å². The molecule has 3 aromatic rings. The zero-order valence-corrected chi connectivity index (χ0v) is 33.5. The molecule has 0 saturated heterocycles. The Morgan fingerprint density at radius 2 is 0.977 bits per heavy atom. The summed E-state index contributed by atoms with van der Waals surface area (Å²) in [5.41, 5.74) is 16.0. The Bertz CT molecular complexity index is 1410. The van der Waals surface area contributed by atoms with E-state index in [1.807, 2.05) is 0 Å². The number of benzene rings is 3. The summed E-state index contributed by atoms with van der Waals surface area (Å²) in [7, 11) is 0. The second kappa shape index (κ2) is 14.5. The van der Waals surface area contributed by atoms with Gasteiger partial charge in [0, 0.05) is 0 Å². The smallest absolute Gasteiger partial charge is 0.147 e. The predicted octanol–water partition coefficient (Wildman–Crippen LogP) is 11.5. The molecule has 231 valence electrons. The van der Waals surface area contributed by atoms with E-state index in [-0.39, 0.29) is 24.8 Å². The van der Waals surface area contributed by atoms with Crippen molar-refractivity contribution in [3.05, 3.63) is 110 Å². The number of hydrogen-bond donors (Lipinski definition) is 0. The first-order chi connectivity index (χ1) is 19.4. The van der Waals surface area contributed by atoms with Gasteiger partial charge < -0.3 is 0 Å². The van der Waals surface area contributed by atoms with E-state index in [9.17, 15) is 0 Å². The van der Waals surface area contributed by atoms with Crippen molar-refractivity contribution in [3.8, 4) is 0 Å². The first kappa shape index (κ1) is 36.3. The summed E-state index contributed by atoms with van der Waals surface area (Å²) in [4.78, 5) is 0. The van der Waals surface area contributed by atoms with Gasteiger partial charge in [0.25, 0.3) is 0 Å². The Labute approximate surface area is 283 Å². The van der Waals surface area contributed by atoms with Crippen molar-refractivity contribution in [1.29, 1.82) is 0 Å². The van der Waals surface area contributed by atoms with E-state index < -0.39 is 26.8 Å². The summed E-state index contributed by atoms with van der Waals surface area (Å²) in [5, 5.41) is 1.68. The molecule has 0 aromatic heterocycles. The fraction of sp³-hybridized carbons (Fsp3) is 0.436. The van der Waals surface area contributed by atoms with E-state index >= 15 is 0 Å². The van der Waals surface area contributed by atoms with E-state index in [0.29, 0.717) is 30.9 Å². The van der Waals surface area contributed by atoms with Crippen LogP contribution in [0.1, 0.15) is 145 Å². The van der Waals surface area contributed by atoms with Gasteiger partial charge in [-0.2, -0.15) is 0 Å². The monoisotopic (exact) mass is 709 g/mol. The van der Waals surface area contributed by atoms with Crippen LogP contribution in [0.4, 0.5) is 0 Å². The number of halogens is 2. The molecule has 0 radical (unpaired) electrons. The molecule has 4 heteroatoms. The molecule has 43 heavy (non-hydrogen) atoms. The zero-order chi connectivity index (χ0) is 29.7. The van der Waals surface area contributed by atoms with Gasteiger partial charge in [0.15, 0.2) is 0 Å². The minimum atomic E-state index is -2.30. The van der Waals surface area contributed by atoms with Crippen LogP contribution in [-0.4, -0.2) is 5.92 Å². The van der Waals surface area contributed by atoms with Crippen LogP contribution in [-0.2, 0) is 20.9 Å². The molecule has 0 aliphatic heterocycles. The summed E-state index contributed by atoms with van der Waals surface area (Å²) in [6, 6.07) is 22.1. The number of rotatable bonds is 8. The Morgan fingerprint density at radius 1 is 0.581 bits per heavy atom. The molecule has 0 saturated carbocycles. The molecule has 0 spiro atoms. The van der Waals surface area contributed by atoms with Crippen LogP contribution in [0, 0.1) is 0 Å². The predicted molar refractivity (Wildman–Crippen MR) is 196 cm³/mol. The van der Waals surface area contributed by atoms with Gasteiger partial charge in [-0.15, -0.1) is 24.8 Å². The van der Waals surface area contributed by atoms with Gasteiger partial charge in [0.2, 0.25) is 0 Å². The van der Waals surface area contributed by atoms with Crippen LogP contribution in [0.25, 0.3) is 12.2 Å². The molecule has 0 bridgehead atoms. The molecule has 3 unspecified atom stereocenters. The number of allylic oxidation sites excluding steroid dienone is 2. The quantitative estimate of drug-likeness (QED) is 0.204. The molecule has 0 nitrogen and oxygen atoms in total. The van der Waals surface area contributed by atoms with Crippen LogP contribution in [0.15, 0.2) is 65.7 Å². The van der Waals surface area contributed by atoms with Crippen LogP contribution >= 0.6 is 24.8 Å². The van der Waals surface area contributed by atoms with Crippen molar-refractivity contribution in [2.24, 2.45) is 0 Å². The van der Waals surface area contributed by atoms with Crippen molar-refractivity contribution >= 4 is 48.1 Å². The zero-order valence-electron chi connectivity index (χ0n) is 28.2. The van der Waals surface area contributed by atoms with Gasteiger partial charge in [-0.1, -0.05) is 0 Å². The topological polar surface area (TPSA) is 0 Å². The van der Waals surface area contributed by atoms with E-state index in [0.717, 1.165) is 0 Å². The van der Waals surface area contributed by atoms with Gasteiger partial charge in [-0.05, 0) is 0 Å². The third-order valence-electron chi connectivity index (χ3n) is 9.85. The Balaban J connectivity index is 0.00000253. The molecule has 2 aliphatic carbocycles. The third kappa shape index (κ3) is 6.84. The van der Waals surface area contributed by atoms with Crippen molar-refractivity contribution in [2.45, 2.75) is 107 Å². The average Bonchev–Trinajstić information content (AvgIpc) is 3.43. The number of fused-ring (bicyclic) bond motifs is 2.